The predicted octanol–water partition coefficient (Wildman–Crippen LogP) is 1.63. The Hall–Kier alpha value is -5.08. The number of hydrogen-bond donors (Lipinski definition) is 8. The van der Waals surface area contributed by atoms with Crippen molar-refractivity contribution in [1.82, 2.24) is 25.8 Å². The minimum absolute atomic E-state index is 0.0182. The summed E-state index contributed by atoms with van der Waals surface area (Å²) in [6, 6.07) is 16.8. The van der Waals surface area contributed by atoms with Gasteiger partial charge in [-0.25, -0.2) is 4.98 Å². The zero-order valence-electron chi connectivity index (χ0n) is 38.6. The molecule has 1 aliphatic carbocycles. The lowest BCUT2D eigenvalue weighted by molar-refractivity contribution is -0.294. The summed E-state index contributed by atoms with van der Waals surface area (Å²) in [5, 5.41) is 50.1. The number of esters is 1. The molecule has 3 aromatic rings. The Morgan fingerprint density at radius 2 is 1.63 bits per heavy atom. The number of rotatable bonds is 20. The van der Waals surface area contributed by atoms with E-state index < -0.39 is 97.2 Å². The summed E-state index contributed by atoms with van der Waals surface area (Å²) in [5.74, 6) is -2.38. The van der Waals surface area contributed by atoms with E-state index in [0.717, 1.165) is 36.6 Å². The van der Waals surface area contributed by atoms with Crippen molar-refractivity contribution in [3.63, 3.8) is 0 Å². The molecule has 0 bridgehead atoms. The van der Waals surface area contributed by atoms with Gasteiger partial charge in [-0.3, -0.25) is 28.9 Å². The summed E-state index contributed by atoms with van der Waals surface area (Å²) in [4.78, 5) is 75.2. The number of primary amides is 1. The number of unbranched alkanes of at least 4 members (excludes halogenated alkanes) is 1. The number of aliphatic hydroxyl groups is 4. The number of para-hydroxylation sites is 1. The first kappa shape index (κ1) is 51.3. The van der Waals surface area contributed by atoms with E-state index in [-0.39, 0.29) is 50.4 Å². The Labute approximate surface area is 391 Å². The van der Waals surface area contributed by atoms with Gasteiger partial charge < -0.3 is 56.3 Å². The third kappa shape index (κ3) is 14.5. The smallest absolute Gasteiger partial charge is 0.306 e. The first-order valence-corrected chi connectivity index (χ1v) is 23.5. The average molecular weight is 933 g/mol. The summed E-state index contributed by atoms with van der Waals surface area (Å²) in [5.41, 5.74) is 6.51. The standard InChI is InChI=1S/C49H68N6O12/c1-49(2,3)54-47(63)37-24-31-16-7-8-17-32(31)26-55(37)27-38(66-41(58)19-11-12-22-65-44-42(59)39(28-56)67-48(64)43(44)60)35(23-29-13-5-4-6-14-29)52-46(62)36(25-40(50)57)53-45(61)34-21-20-30-15-9-10-18-33(30)51-34/h4-6,9-10,13-15,18,20-21,31-32,35-39,42-44,48,56,59-60,64H,7-8,11-12,16-17,19,22-28H2,1-3H3,(H2,50,57)(H,52,62)(H,53,61)(H,54,63)/t31-,32+,35-,36-,37-,38+,39+,42+,43+,44-,48-/m0/s1. The summed E-state index contributed by atoms with van der Waals surface area (Å²) in [6.07, 6.45) is -3.26. The van der Waals surface area contributed by atoms with E-state index >= 15 is 0 Å². The highest BCUT2D eigenvalue weighted by Gasteiger charge is 2.45. The van der Waals surface area contributed by atoms with Crippen LogP contribution in [0, 0.1) is 11.8 Å². The van der Waals surface area contributed by atoms with E-state index in [2.05, 4.69) is 25.8 Å². The zero-order chi connectivity index (χ0) is 48.3. The summed E-state index contributed by atoms with van der Waals surface area (Å²) in [7, 11) is 0. The van der Waals surface area contributed by atoms with Crippen molar-refractivity contribution in [2.24, 2.45) is 17.6 Å². The van der Waals surface area contributed by atoms with E-state index in [9.17, 15) is 44.4 Å². The van der Waals surface area contributed by atoms with Crippen molar-refractivity contribution in [2.75, 3.05) is 26.3 Å². The number of nitrogens with one attached hydrogen (secondary N) is 3. The molecule has 18 nitrogen and oxygen atoms in total. The molecule has 67 heavy (non-hydrogen) atoms. The van der Waals surface area contributed by atoms with Crippen LogP contribution in [0.25, 0.3) is 10.9 Å². The highest BCUT2D eigenvalue weighted by Crippen LogP contribution is 2.39. The van der Waals surface area contributed by atoms with Gasteiger partial charge in [0.05, 0.1) is 30.6 Å². The topological polar surface area (TPSA) is 272 Å². The van der Waals surface area contributed by atoms with Gasteiger partial charge in [-0.05, 0) is 82.4 Å². The maximum atomic E-state index is 14.5. The number of nitrogens with two attached hydrogens (primary N) is 1. The van der Waals surface area contributed by atoms with Crippen molar-refractivity contribution < 1.29 is 58.6 Å². The van der Waals surface area contributed by atoms with Crippen LogP contribution in [0.2, 0.25) is 0 Å². The highest BCUT2D eigenvalue weighted by molar-refractivity contribution is 5.99. The Bertz CT molecular complexity index is 2140. The van der Waals surface area contributed by atoms with Crippen molar-refractivity contribution in [2.45, 2.75) is 145 Å². The van der Waals surface area contributed by atoms with Gasteiger partial charge in [-0.2, -0.15) is 0 Å². The number of fused-ring (bicyclic) bond motifs is 2. The van der Waals surface area contributed by atoms with Crippen molar-refractivity contribution in [1.29, 1.82) is 0 Å². The molecule has 2 saturated heterocycles. The fraction of sp³-hybridized carbons (Fsp3) is 0.592. The second-order valence-electron chi connectivity index (χ2n) is 19.2. The molecule has 3 fully saturated rings. The highest BCUT2D eigenvalue weighted by atomic mass is 16.6. The van der Waals surface area contributed by atoms with Crippen molar-refractivity contribution in [3.05, 3.63) is 78.0 Å². The molecule has 1 aromatic heterocycles. The van der Waals surface area contributed by atoms with Crippen LogP contribution in [0.15, 0.2) is 66.7 Å². The Balaban J connectivity index is 1.25. The van der Waals surface area contributed by atoms with Crippen molar-refractivity contribution >= 4 is 40.5 Å². The SMILES string of the molecule is CC(C)(C)NC(=O)[C@@H]1C[C@@H]2CCCC[C@@H]2CN1C[C@@H](OC(=O)CCCCO[C@@H]1[C@@H](O)[C@@H](O)O[C@H](CO)[C@H]1O)[C@H](Cc1ccccc1)NC(=O)[C@H](CC(N)=O)NC(=O)c1ccc2ccccc2n1. The van der Waals surface area contributed by atoms with Gasteiger partial charge in [-0.1, -0.05) is 73.9 Å². The third-order valence-corrected chi connectivity index (χ3v) is 12.9. The molecule has 1 saturated carbocycles. The number of hydrogen-bond acceptors (Lipinski definition) is 14. The maximum absolute atomic E-state index is 14.5. The van der Waals surface area contributed by atoms with Crippen LogP contribution < -0.4 is 21.7 Å². The molecule has 11 atom stereocenters. The molecule has 4 amide bonds. The third-order valence-electron chi connectivity index (χ3n) is 12.9. The van der Waals surface area contributed by atoms with E-state index in [1.54, 1.807) is 18.2 Å². The van der Waals surface area contributed by atoms with E-state index in [0.29, 0.717) is 30.3 Å². The zero-order valence-corrected chi connectivity index (χ0v) is 38.6. The molecule has 0 spiro atoms. The molecule has 2 aromatic carbocycles. The first-order valence-electron chi connectivity index (χ1n) is 23.5. The van der Waals surface area contributed by atoms with Crippen LogP contribution in [-0.2, 0) is 39.8 Å². The molecule has 0 radical (unpaired) electrons. The van der Waals surface area contributed by atoms with Crippen LogP contribution >= 0.6 is 0 Å². The minimum Gasteiger partial charge on any atom is -0.459 e. The van der Waals surface area contributed by atoms with E-state index in [1.807, 2.05) is 63.2 Å². The molecular weight excluding hydrogens is 865 g/mol. The molecule has 0 unspecified atom stereocenters. The normalized spacial score (nSPS) is 25.8. The van der Waals surface area contributed by atoms with Gasteiger partial charge in [0.1, 0.15) is 42.3 Å². The number of aromatic nitrogens is 1. The molecule has 6 rings (SSSR count). The summed E-state index contributed by atoms with van der Waals surface area (Å²) in [6.45, 7) is 5.77. The number of ether oxygens (including phenoxy) is 3. The minimum atomic E-state index is -1.67. The van der Waals surface area contributed by atoms with Gasteiger partial charge in [0.25, 0.3) is 5.91 Å². The lowest BCUT2D eigenvalue weighted by Gasteiger charge is -2.47. The van der Waals surface area contributed by atoms with Gasteiger partial charge in [0.2, 0.25) is 17.7 Å². The molecule has 366 valence electrons. The number of likely N-dealkylation sites (tertiary alicyclic amines) is 1. The largest absolute Gasteiger partial charge is 0.459 e. The quantitative estimate of drug-likeness (QED) is 0.0592. The van der Waals surface area contributed by atoms with Gasteiger partial charge >= 0.3 is 5.97 Å². The number of aliphatic hydroxyl groups excluding tert-OH is 4. The number of pyridine rings is 1. The maximum Gasteiger partial charge on any atom is 0.306 e. The fourth-order valence-corrected chi connectivity index (χ4v) is 9.45. The van der Waals surface area contributed by atoms with Gasteiger partial charge in [-0.15, -0.1) is 0 Å². The average Bonchev–Trinajstić information content (AvgIpc) is 3.29. The molecule has 18 heteroatoms. The second kappa shape index (κ2) is 23.8. The van der Waals surface area contributed by atoms with Gasteiger partial charge in [0.15, 0.2) is 6.29 Å². The summed E-state index contributed by atoms with van der Waals surface area (Å²) >= 11 is 0. The van der Waals surface area contributed by atoms with Crippen molar-refractivity contribution in [3.8, 4) is 0 Å². The Morgan fingerprint density at radius 3 is 2.34 bits per heavy atom. The number of nitrogens with zero attached hydrogens (tertiary/aromatic N) is 2. The first-order chi connectivity index (χ1) is 32.0. The monoisotopic (exact) mass is 932 g/mol. The van der Waals surface area contributed by atoms with Crippen LogP contribution in [0.4, 0.5) is 0 Å². The molecular formula is C49H68N6O12. The number of piperidine rings is 1. The van der Waals surface area contributed by atoms with Crippen LogP contribution in [-0.4, -0.2) is 147 Å². The lowest BCUT2D eigenvalue weighted by atomic mass is 9.72. The summed E-state index contributed by atoms with van der Waals surface area (Å²) < 4.78 is 17.1. The van der Waals surface area contributed by atoms with E-state index in [4.69, 9.17) is 19.9 Å². The molecule has 3 heterocycles. The van der Waals surface area contributed by atoms with E-state index in [1.165, 1.54) is 6.07 Å². The van der Waals surface area contributed by atoms with Gasteiger partial charge in [0, 0.05) is 37.0 Å². The molecule has 3 aliphatic rings. The lowest BCUT2D eigenvalue weighted by Crippen LogP contribution is -2.61. The molecule has 9 N–H and O–H groups in total. The van der Waals surface area contributed by atoms with Crippen LogP contribution in [0.3, 0.4) is 0 Å². The number of carbonyl (C=O) groups excluding carboxylic acids is 5. The predicted molar refractivity (Wildman–Crippen MR) is 246 cm³/mol. The van der Waals surface area contributed by atoms with Crippen LogP contribution in [0.1, 0.15) is 94.6 Å². The fourth-order valence-electron chi connectivity index (χ4n) is 9.45. The molecule has 2 aliphatic heterocycles. The number of amides is 4. The number of carbonyl (C=O) groups is 5. The second-order valence-corrected chi connectivity index (χ2v) is 19.2. The van der Waals surface area contributed by atoms with Crippen LogP contribution in [0.5, 0.6) is 0 Å². The Kier molecular flexibility index (Phi) is 18.2. The Morgan fingerprint density at radius 1 is 0.910 bits per heavy atom. The number of benzene rings is 2.